The van der Waals surface area contributed by atoms with Crippen molar-refractivity contribution in [1.82, 2.24) is 4.98 Å². The fourth-order valence-electron chi connectivity index (χ4n) is 3.22. The van der Waals surface area contributed by atoms with Gasteiger partial charge in [-0.3, -0.25) is 10.2 Å². The minimum Gasteiger partial charge on any atom is -0.497 e. The molecule has 0 saturated carbocycles. The average molecular weight is 491 g/mol. The molecular formula is C26H23FN4O3S. The average Bonchev–Trinajstić information content (AvgIpc) is 3.27. The molecule has 7 nitrogen and oxygen atoms in total. The van der Waals surface area contributed by atoms with Gasteiger partial charge in [-0.25, -0.2) is 9.37 Å². The molecule has 0 saturated heterocycles. The van der Waals surface area contributed by atoms with Crippen LogP contribution in [0.15, 0.2) is 71.8 Å². The standard InChI is InChI=1S/C26H23FN4O3S/c1-16-4-6-17(7-5-16)23-25(30-24(32)18-8-11-20(27)12-9-18)35-26(29-23)31-28-15-19-10-13-21(33-2)14-22(19)34-3/h4-15H,1-3H3,(H,29,31)(H,30,32). The van der Waals surface area contributed by atoms with Crippen molar-refractivity contribution >= 4 is 33.6 Å². The van der Waals surface area contributed by atoms with Crippen molar-refractivity contribution in [3.8, 4) is 22.8 Å². The largest absolute Gasteiger partial charge is 0.497 e. The molecule has 1 heterocycles. The number of amides is 1. The monoisotopic (exact) mass is 490 g/mol. The second-order valence-corrected chi connectivity index (χ2v) is 8.50. The Kier molecular flexibility index (Phi) is 7.37. The molecular weight excluding hydrogens is 467 g/mol. The van der Waals surface area contributed by atoms with E-state index in [4.69, 9.17) is 9.47 Å². The summed E-state index contributed by atoms with van der Waals surface area (Å²) in [5.41, 5.74) is 6.57. The van der Waals surface area contributed by atoms with E-state index in [2.05, 4.69) is 20.8 Å². The lowest BCUT2D eigenvalue weighted by molar-refractivity contribution is 0.102. The molecule has 0 aliphatic carbocycles. The molecule has 0 atom stereocenters. The summed E-state index contributed by atoms with van der Waals surface area (Å²) in [5.74, 6) is 0.523. The zero-order chi connectivity index (χ0) is 24.8. The molecule has 4 rings (SSSR count). The number of benzene rings is 3. The van der Waals surface area contributed by atoms with Crippen LogP contribution in [0, 0.1) is 12.7 Å². The molecule has 0 unspecified atom stereocenters. The normalized spacial score (nSPS) is 10.9. The third kappa shape index (κ3) is 5.82. The number of carbonyl (C=O) groups is 1. The zero-order valence-corrected chi connectivity index (χ0v) is 20.2. The third-order valence-corrected chi connectivity index (χ3v) is 5.97. The highest BCUT2D eigenvalue weighted by molar-refractivity contribution is 7.20. The summed E-state index contributed by atoms with van der Waals surface area (Å²) in [6, 6.07) is 18.6. The Morgan fingerprint density at radius 2 is 1.77 bits per heavy atom. The summed E-state index contributed by atoms with van der Waals surface area (Å²) in [5, 5.41) is 8.20. The molecule has 2 N–H and O–H groups in total. The van der Waals surface area contributed by atoms with Crippen LogP contribution in [0.1, 0.15) is 21.5 Å². The second-order valence-electron chi connectivity index (χ2n) is 7.50. The van der Waals surface area contributed by atoms with Gasteiger partial charge >= 0.3 is 0 Å². The van der Waals surface area contributed by atoms with Crippen molar-refractivity contribution in [2.75, 3.05) is 25.0 Å². The summed E-state index contributed by atoms with van der Waals surface area (Å²) in [6.07, 6.45) is 1.61. The molecule has 0 aliphatic heterocycles. The van der Waals surface area contributed by atoms with E-state index in [0.717, 1.165) is 16.7 Å². The number of aromatic nitrogens is 1. The Hall–Kier alpha value is -4.24. The molecule has 1 aromatic heterocycles. The van der Waals surface area contributed by atoms with E-state index in [-0.39, 0.29) is 5.91 Å². The van der Waals surface area contributed by atoms with Crippen LogP contribution in [0.2, 0.25) is 0 Å². The Morgan fingerprint density at radius 3 is 2.46 bits per heavy atom. The molecule has 178 valence electrons. The number of hydrogen-bond donors (Lipinski definition) is 2. The van der Waals surface area contributed by atoms with Crippen LogP contribution in [0.25, 0.3) is 11.3 Å². The molecule has 4 aromatic rings. The molecule has 3 aromatic carbocycles. The molecule has 1 amide bonds. The number of anilines is 2. The maximum Gasteiger partial charge on any atom is 0.256 e. The summed E-state index contributed by atoms with van der Waals surface area (Å²) in [4.78, 5) is 17.4. The topological polar surface area (TPSA) is 84.8 Å². The molecule has 35 heavy (non-hydrogen) atoms. The van der Waals surface area contributed by atoms with E-state index >= 15 is 0 Å². The summed E-state index contributed by atoms with van der Waals surface area (Å²) in [7, 11) is 3.16. The lowest BCUT2D eigenvalue weighted by Gasteiger charge is -2.06. The van der Waals surface area contributed by atoms with Crippen molar-refractivity contribution in [2.24, 2.45) is 5.10 Å². The molecule has 0 bridgehead atoms. The van der Waals surface area contributed by atoms with E-state index in [9.17, 15) is 9.18 Å². The number of nitrogens with zero attached hydrogens (tertiary/aromatic N) is 2. The highest BCUT2D eigenvalue weighted by atomic mass is 32.1. The van der Waals surface area contributed by atoms with Crippen LogP contribution in [0.5, 0.6) is 11.5 Å². The smallest absolute Gasteiger partial charge is 0.256 e. The van der Waals surface area contributed by atoms with Gasteiger partial charge in [0.05, 0.1) is 20.4 Å². The van der Waals surface area contributed by atoms with Crippen molar-refractivity contribution in [3.05, 3.63) is 89.2 Å². The van der Waals surface area contributed by atoms with Crippen molar-refractivity contribution in [2.45, 2.75) is 6.92 Å². The lowest BCUT2D eigenvalue weighted by Crippen LogP contribution is -2.11. The van der Waals surface area contributed by atoms with E-state index < -0.39 is 5.82 Å². The van der Waals surface area contributed by atoms with Gasteiger partial charge in [-0.2, -0.15) is 5.10 Å². The number of hydrogen-bond acceptors (Lipinski definition) is 7. The van der Waals surface area contributed by atoms with Gasteiger partial charge < -0.3 is 14.8 Å². The number of hydrazone groups is 1. The fraction of sp³-hybridized carbons (Fsp3) is 0.115. The predicted molar refractivity (Wildman–Crippen MR) is 137 cm³/mol. The number of methoxy groups -OCH3 is 2. The summed E-state index contributed by atoms with van der Waals surface area (Å²) >= 11 is 1.24. The number of aryl methyl sites for hydroxylation is 1. The van der Waals surface area contributed by atoms with E-state index in [0.29, 0.717) is 32.9 Å². The molecule has 0 radical (unpaired) electrons. The first-order valence-electron chi connectivity index (χ1n) is 10.6. The van der Waals surface area contributed by atoms with E-state index in [1.54, 1.807) is 26.5 Å². The van der Waals surface area contributed by atoms with Gasteiger partial charge in [-0.15, -0.1) is 0 Å². The van der Waals surface area contributed by atoms with Gasteiger partial charge in [0.15, 0.2) is 0 Å². The van der Waals surface area contributed by atoms with Crippen LogP contribution in [-0.4, -0.2) is 31.3 Å². The predicted octanol–water partition coefficient (Wildman–Crippen LogP) is 5.97. The Balaban J connectivity index is 1.59. The molecule has 9 heteroatoms. The zero-order valence-electron chi connectivity index (χ0n) is 19.3. The van der Waals surface area contributed by atoms with Gasteiger partial charge in [0, 0.05) is 22.8 Å². The molecule has 0 spiro atoms. The minimum absolute atomic E-state index is 0.341. The number of nitrogens with one attached hydrogen (secondary N) is 2. The van der Waals surface area contributed by atoms with Gasteiger partial charge in [-0.1, -0.05) is 41.2 Å². The third-order valence-electron chi connectivity index (χ3n) is 5.09. The SMILES string of the molecule is COc1ccc(C=NNc2nc(-c3ccc(C)cc3)c(NC(=O)c3ccc(F)cc3)s2)c(OC)c1. The summed E-state index contributed by atoms with van der Waals surface area (Å²) < 4.78 is 23.9. The van der Waals surface area contributed by atoms with Gasteiger partial charge in [0.2, 0.25) is 5.13 Å². The quantitative estimate of drug-likeness (QED) is 0.235. The maximum atomic E-state index is 13.2. The number of halogens is 1. The Morgan fingerprint density at radius 1 is 1.03 bits per heavy atom. The fourth-order valence-corrected chi connectivity index (χ4v) is 4.05. The Labute approximate surface area is 206 Å². The van der Waals surface area contributed by atoms with E-state index in [1.165, 1.54) is 35.6 Å². The Bertz CT molecular complexity index is 1350. The minimum atomic E-state index is -0.405. The first-order valence-corrected chi connectivity index (χ1v) is 11.4. The first-order chi connectivity index (χ1) is 17.0. The van der Waals surface area contributed by atoms with Crippen LogP contribution < -0.4 is 20.2 Å². The second kappa shape index (κ2) is 10.8. The van der Waals surface area contributed by atoms with Crippen molar-refractivity contribution < 1.29 is 18.7 Å². The van der Waals surface area contributed by atoms with Crippen molar-refractivity contribution in [1.29, 1.82) is 0 Å². The van der Waals surface area contributed by atoms with Crippen LogP contribution in [-0.2, 0) is 0 Å². The summed E-state index contributed by atoms with van der Waals surface area (Å²) in [6.45, 7) is 2.00. The van der Waals surface area contributed by atoms with Crippen LogP contribution in [0.4, 0.5) is 14.5 Å². The molecule has 0 fully saturated rings. The lowest BCUT2D eigenvalue weighted by atomic mass is 10.1. The maximum absolute atomic E-state index is 13.2. The number of rotatable bonds is 8. The van der Waals surface area contributed by atoms with Gasteiger partial charge in [-0.05, 0) is 43.3 Å². The van der Waals surface area contributed by atoms with Crippen molar-refractivity contribution in [3.63, 3.8) is 0 Å². The molecule has 0 aliphatic rings. The van der Waals surface area contributed by atoms with Crippen LogP contribution >= 0.6 is 11.3 Å². The first kappa shape index (κ1) is 23.9. The highest BCUT2D eigenvalue weighted by Crippen LogP contribution is 2.36. The van der Waals surface area contributed by atoms with Crippen LogP contribution in [0.3, 0.4) is 0 Å². The number of thiazole rings is 1. The van der Waals surface area contributed by atoms with E-state index in [1.807, 2.05) is 43.3 Å². The number of ether oxygens (including phenoxy) is 2. The number of carbonyl (C=O) groups excluding carboxylic acids is 1. The van der Waals surface area contributed by atoms with Gasteiger partial charge in [0.25, 0.3) is 5.91 Å². The highest BCUT2D eigenvalue weighted by Gasteiger charge is 2.17. The van der Waals surface area contributed by atoms with Gasteiger partial charge in [0.1, 0.15) is 28.0 Å².